The van der Waals surface area contributed by atoms with E-state index in [-0.39, 0.29) is 17.1 Å². The third kappa shape index (κ3) is 2.66. The van der Waals surface area contributed by atoms with Gasteiger partial charge in [0.05, 0.1) is 10.0 Å². The summed E-state index contributed by atoms with van der Waals surface area (Å²) in [6.07, 6.45) is 0.905. The van der Waals surface area contributed by atoms with Crippen molar-refractivity contribution < 1.29 is 4.79 Å². The molecule has 91 valence electrons. The van der Waals surface area contributed by atoms with Gasteiger partial charge in [-0.25, -0.2) is 0 Å². The van der Waals surface area contributed by atoms with E-state index in [0.29, 0.717) is 15.6 Å². The van der Waals surface area contributed by atoms with E-state index in [1.54, 1.807) is 18.2 Å². The van der Waals surface area contributed by atoms with E-state index in [1.165, 1.54) is 5.92 Å². The lowest BCUT2D eigenvalue weighted by atomic mass is 9.87. The van der Waals surface area contributed by atoms with E-state index in [1.807, 2.05) is 0 Å². The number of Topliss-reactive ketones (excluding diaryl/α,β-unsaturated/α-hetero) is 1. The number of hydrogen-bond acceptors (Lipinski definition) is 1. The molecule has 0 spiro atoms. The van der Waals surface area contributed by atoms with Crippen LogP contribution >= 0.6 is 23.2 Å². The van der Waals surface area contributed by atoms with Gasteiger partial charge in [0.25, 0.3) is 0 Å². The second kappa shape index (κ2) is 4.29. The topological polar surface area (TPSA) is 17.1 Å². The van der Waals surface area contributed by atoms with E-state index >= 15 is 0 Å². The van der Waals surface area contributed by atoms with Gasteiger partial charge in [0, 0.05) is 11.5 Å². The molecule has 1 radical (unpaired) electrons. The molecule has 1 aliphatic rings. The highest BCUT2D eigenvalue weighted by atomic mass is 35.5. The molecule has 2 rings (SSSR count). The molecule has 0 N–H and O–H groups in total. The minimum Gasteiger partial charge on any atom is -0.294 e. The molecule has 0 heterocycles. The smallest absolute Gasteiger partial charge is 0.166 e. The van der Waals surface area contributed by atoms with Crippen molar-refractivity contribution in [2.75, 3.05) is 0 Å². The highest BCUT2D eigenvalue weighted by Crippen LogP contribution is 2.54. The van der Waals surface area contributed by atoms with Crippen LogP contribution in [0.2, 0.25) is 10.0 Å². The zero-order valence-electron chi connectivity index (χ0n) is 10.2. The Labute approximate surface area is 112 Å². The lowest BCUT2D eigenvalue weighted by molar-refractivity contribution is 0.0966. The van der Waals surface area contributed by atoms with E-state index in [4.69, 9.17) is 23.2 Å². The van der Waals surface area contributed by atoms with Crippen LogP contribution in [0, 0.1) is 17.3 Å². The first-order valence-corrected chi connectivity index (χ1v) is 6.42. The molecule has 0 amide bonds. The maximum atomic E-state index is 12.2. The van der Waals surface area contributed by atoms with Crippen LogP contribution in [0.4, 0.5) is 0 Å². The molecule has 1 fully saturated rings. The van der Waals surface area contributed by atoms with Crippen molar-refractivity contribution in [3.05, 3.63) is 39.7 Å². The third-order valence-corrected chi connectivity index (χ3v) is 3.91. The van der Waals surface area contributed by atoms with E-state index < -0.39 is 0 Å². The van der Waals surface area contributed by atoms with Gasteiger partial charge in [-0.15, -0.1) is 0 Å². The number of benzene rings is 1. The highest BCUT2D eigenvalue weighted by molar-refractivity contribution is 6.42. The molecule has 1 aromatic carbocycles. The minimum atomic E-state index is 0.0762. The van der Waals surface area contributed by atoms with Crippen molar-refractivity contribution in [2.24, 2.45) is 11.3 Å². The third-order valence-electron chi connectivity index (χ3n) is 3.17. The monoisotopic (exact) mass is 269 g/mol. The first-order chi connectivity index (χ1) is 7.80. The quantitative estimate of drug-likeness (QED) is 0.704. The summed E-state index contributed by atoms with van der Waals surface area (Å²) in [7, 11) is 0. The largest absolute Gasteiger partial charge is 0.294 e. The van der Waals surface area contributed by atoms with Gasteiger partial charge in [-0.3, -0.25) is 4.79 Å². The Morgan fingerprint density at radius 2 is 1.88 bits per heavy atom. The summed E-state index contributed by atoms with van der Waals surface area (Å²) < 4.78 is 0. The second-order valence-electron chi connectivity index (χ2n) is 5.53. The van der Waals surface area contributed by atoms with Crippen LogP contribution in [0.15, 0.2) is 18.2 Å². The Kier molecular flexibility index (Phi) is 3.26. The zero-order chi connectivity index (χ0) is 12.8. The molecular weight excluding hydrogens is 255 g/mol. The van der Waals surface area contributed by atoms with Crippen LogP contribution < -0.4 is 0 Å². The normalized spacial score (nSPS) is 20.4. The Bertz CT molecular complexity index is 460. The Hall–Kier alpha value is -0.530. The van der Waals surface area contributed by atoms with Gasteiger partial charge in [0.2, 0.25) is 0 Å². The van der Waals surface area contributed by atoms with Crippen LogP contribution in [-0.2, 0) is 0 Å². The Morgan fingerprint density at radius 3 is 2.35 bits per heavy atom. The molecule has 0 saturated heterocycles. The van der Waals surface area contributed by atoms with Gasteiger partial charge in [-0.05, 0) is 36.0 Å². The first kappa shape index (κ1) is 12.9. The number of hydrogen-bond donors (Lipinski definition) is 0. The number of ketones is 1. The lowest BCUT2D eigenvalue weighted by Crippen LogP contribution is -2.12. The number of carbonyl (C=O) groups is 1. The van der Waals surface area contributed by atoms with Gasteiger partial charge < -0.3 is 0 Å². The fraction of sp³-hybridized carbons (Fsp3) is 0.429. The molecule has 0 aromatic heterocycles. The van der Waals surface area contributed by atoms with Crippen molar-refractivity contribution in [2.45, 2.75) is 27.2 Å². The molecule has 1 atom stereocenters. The number of carbonyl (C=O) groups excluding carboxylic acids is 1. The van der Waals surface area contributed by atoms with Crippen LogP contribution in [0.5, 0.6) is 0 Å². The number of halogens is 2. The minimum absolute atomic E-state index is 0.0762. The van der Waals surface area contributed by atoms with Crippen molar-refractivity contribution >= 4 is 29.0 Å². The van der Waals surface area contributed by atoms with Crippen molar-refractivity contribution in [3.63, 3.8) is 0 Å². The van der Waals surface area contributed by atoms with E-state index in [9.17, 15) is 4.79 Å². The summed E-state index contributed by atoms with van der Waals surface area (Å²) in [5.74, 6) is 1.56. The Morgan fingerprint density at radius 1 is 1.24 bits per heavy atom. The average Bonchev–Trinajstić information content (AvgIpc) is 3.00. The van der Waals surface area contributed by atoms with Gasteiger partial charge in [-0.1, -0.05) is 44.0 Å². The Balaban J connectivity index is 2.15. The summed E-state index contributed by atoms with van der Waals surface area (Å²) >= 11 is 11.8. The fourth-order valence-corrected chi connectivity index (χ4v) is 2.39. The molecule has 1 aromatic rings. The van der Waals surface area contributed by atoms with Crippen molar-refractivity contribution in [3.8, 4) is 0 Å². The average molecular weight is 270 g/mol. The van der Waals surface area contributed by atoms with E-state index in [2.05, 4.69) is 20.8 Å². The molecule has 1 aliphatic carbocycles. The summed E-state index contributed by atoms with van der Waals surface area (Å²) in [5, 5.41) is 0.925. The summed E-state index contributed by atoms with van der Waals surface area (Å²) in [6.45, 7) is 6.43. The first-order valence-electron chi connectivity index (χ1n) is 5.66. The molecule has 1 saturated carbocycles. The second-order valence-corrected chi connectivity index (χ2v) is 6.34. The van der Waals surface area contributed by atoms with Gasteiger partial charge in [0.15, 0.2) is 5.78 Å². The van der Waals surface area contributed by atoms with Crippen LogP contribution in [-0.4, -0.2) is 5.78 Å². The van der Waals surface area contributed by atoms with Gasteiger partial charge in [-0.2, -0.15) is 0 Å². The SMILES string of the molecule is CC(C)(C)[C]1CC1C(=O)c1ccc(Cl)c(Cl)c1. The summed E-state index contributed by atoms with van der Waals surface area (Å²) in [5.41, 5.74) is 0.778. The van der Waals surface area contributed by atoms with E-state index in [0.717, 1.165) is 6.42 Å². The van der Waals surface area contributed by atoms with Crippen molar-refractivity contribution in [1.82, 2.24) is 0 Å². The van der Waals surface area contributed by atoms with Crippen LogP contribution in [0.3, 0.4) is 0 Å². The predicted molar refractivity (Wildman–Crippen MR) is 71.6 cm³/mol. The molecule has 3 heteroatoms. The molecule has 17 heavy (non-hydrogen) atoms. The molecular formula is C14H15Cl2O. The number of rotatable bonds is 2. The molecule has 1 unspecified atom stereocenters. The van der Waals surface area contributed by atoms with Gasteiger partial charge in [0.1, 0.15) is 0 Å². The summed E-state index contributed by atoms with van der Waals surface area (Å²) in [4.78, 5) is 12.2. The maximum Gasteiger partial charge on any atom is 0.166 e. The van der Waals surface area contributed by atoms with Crippen LogP contribution in [0.1, 0.15) is 37.6 Å². The maximum absolute atomic E-state index is 12.2. The molecule has 1 nitrogen and oxygen atoms in total. The predicted octanol–water partition coefficient (Wildman–Crippen LogP) is 4.82. The summed E-state index contributed by atoms with van der Waals surface area (Å²) in [6, 6.07) is 5.08. The zero-order valence-corrected chi connectivity index (χ0v) is 11.7. The van der Waals surface area contributed by atoms with Gasteiger partial charge >= 0.3 is 0 Å². The van der Waals surface area contributed by atoms with Crippen molar-refractivity contribution in [1.29, 1.82) is 0 Å². The van der Waals surface area contributed by atoms with Crippen LogP contribution in [0.25, 0.3) is 0 Å². The highest BCUT2D eigenvalue weighted by Gasteiger charge is 2.49. The molecule has 0 bridgehead atoms. The fourth-order valence-electron chi connectivity index (χ4n) is 2.09. The molecule has 0 aliphatic heterocycles. The lowest BCUT2D eigenvalue weighted by Gasteiger charge is -2.17. The standard InChI is InChI=1S/C14H15Cl2O/c1-14(2,3)10-7-9(10)13(17)8-4-5-11(15)12(16)6-8/h4-6,9H,7H2,1-3H3.